The van der Waals surface area contributed by atoms with Crippen LogP contribution in [0.25, 0.3) is 0 Å². The molecule has 0 fully saturated rings. The van der Waals surface area contributed by atoms with Crippen LogP contribution in [0, 0.1) is 0 Å². The van der Waals surface area contributed by atoms with E-state index in [1.54, 1.807) is 154 Å². The maximum atomic E-state index is 5.16. The van der Waals surface area contributed by atoms with Gasteiger partial charge in [0.2, 0.25) is 0 Å². The Bertz CT molecular complexity index is 609. The van der Waals surface area contributed by atoms with Crippen LogP contribution in [-0.2, 0) is 33.0 Å². The summed E-state index contributed by atoms with van der Waals surface area (Å²) < 4.78 is 5.10. The largest absolute Gasteiger partial charge is 0.305 e. The molecular weight excluding hydrogens is 1370 g/mol. The molecule has 0 heterocycles. The van der Waals surface area contributed by atoms with Crippen molar-refractivity contribution in [2.24, 2.45) is 0 Å². The molecule has 266 valence electrons. The van der Waals surface area contributed by atoms with Gasteiger partial charge in [-0.25, -0.2) is 0 Å². The summed E-state index contributed by atoms with van der Waals surface area (Å²) in [7, 11) is 68.9. The lowest BCUT2D eigenvalue weighted by atomic mass is 11.8. The molecule has 0 aliphatic carbocycles. The van der Waals surface area contributed by atoms with E-state index in [0.717, 1.165) is 0 Å². The van der Waals surface area contributed by atoms with E-state index in [4.69, 9.17) is 26.6 Å². The molecule has 0 unspecified atom stereocenters. The highest BCUT2D eigenvalue weighted by atomic mass is 34.1. The van der Waals surface area contributed by atoms with Gasteiger partial charge in [-0.05, 0) is 101 Å². The number of rotatable bonds is 39. The minimum absolute atomic E-state index is 1.46. The van der Waals surface area contributed by atoms with E-state index in [0.29, 0.717) is 0 Å². The Balaban J connectivity index is 3.07. The monoisotopic (exact) mass is 1370 g/mol. The number of hydrogen-bond donors (Lipinski definition) is 1. The fourth-order valence-corrected chi connectivity index (χ4v) is 107. The van der Waals surface area contributed by atoms with Crippen LogP contribution in [0.2, 0.25) is 0 Å². The normalized spacial score (nSPS) is 12.0. The van der Waals surface area contributed by atoms with Crippen molar-refractivity contribution in [1.29, 1.82) is 0 Å². The first-order chi connectivity index (χ1) is 21.6. The molecule has 0 amide bonds. The van der Waals surface area contributed by atoms with Gasteiger partial charge in [-0.3, -0.25) is 0 Å². The first-order valence-electron chi connectivity index (χ1n) is 7.42. The van der Waals surface area contributed by atoms with Gasteiger partial charge in [0, 0.05) is 295 Å². The summed E-state index contributed by atoms with van der Waals surface area (Å²) >= 11 is 14.4. The van der Waals surface area contributed by atoms with E-state index >= 15 is 0 Å². The summed E-state index contributed by atoms with van der Waals surface area (Å²) in [5.41, 5.74) is 0. The smallest absolute Gasteiger partial charge is 0.0817 e. The van der Waals surface area contributed by atoms with Crippen LogP contribution in [-0.4, -0.2) is 7.11 Å². The highest BCUT2D eigenvalue weighted by Crippen LogP contribution is 2.68. The van der Waals surface area contributed by atoms with E-state index in [1.807, 2.05) is 206 Å². The second-order valence-electron chi connectivity index (χ2n) is 3.17. The zero-order chi connectivity index (χ0) is 32.1. The molecular formula is CH4OS42. The third kappa shape index (κ3) is 52.5. The fourth-order valence-electron chi connectivity index (χ4n) is 0.471. The Morgan fingerprint density at radius 2 is 0.477 bits per heavy atom. The molecule has 0 N–H and O–H groups in total. The van der Waals surface area contributed by atoms with Gasteiger partial charge in [0.1, 0.15) is 0 Å². The first-order valence-corrected chi connectivity index (χ1v) is 62.6. The molecule has 0 atom stereocenters. The van der Waals surface area contributed by atoms with Crippen molar-refractivity contribution in [1.82, 2.24) is 0 Å². The predicted octanol–water partition coefficient (Wildman–Crippen LogP) is 25.1. The summed E-state index contributed by atoms with van der Waals surface area (Å²) in [6, 6.07) is 0. The molecule has 44 heavy (non-hydrogen) atoms. The Labute approximate surface area is 414 Å². The van der Waals surface area contributed by atoms with Gasteiger partial charge < -0.3 is 4.18 Å². The van der Waals surface area contributed by atoms with Crippen LogP contribution >= 0.6 is 385 Å². The lowest BCUT2D eigenvalue weighted by Crippen LogP contribution is -1.87. The topological polar surface area (TPSA) is 9.23 Å². The standard InChI is InChI=1S/CH4OS42/c1-2-44(4,5)43-42-41-40-39-38-37-36-35-34-33-32-31-30-29-28-27-26-25-24-23-22-21-20-19-18-17-16-15-14-13-12-11-10-9-8-7-6-3/h3H,1H3. The van der Waals surface area contributed by atoms with E-state index in [9.17, 15) is 0 Å². The average Bonchev–Trinajstić information content (AvgIpc) is 3.02. The molecule has 0 radical (unpaired) electrons. The van der Waals surface area contributed by atoms with Crippen molar-refractivity contribution in [2.75, 3.05) is 7.11 Å². The minimum Gasteiger partial charge on any atom is -0.305 e. The van der Waals surface area contributed by atoms with Gasteiger partial charge in [-0.2, -0.15) is 0 Å². The highest BCUT2D eigenvalue weighted by Gasteiger charge is 2.05. The highest BCUT2D eigenvalue weighted by molar-refractivity contribution is 9.62. The lowest BCUT2D eigenvalue weighted by molar-refractivity contribution is 0.491. The summed E-state index contributed by atoms with van der Waals surface area (Å²) in [4.78, 5) is 0. The molecule has 0 saturated heterocycles. The SMILES string of the molecule is COS(=S)(=S)SSSSSSSSSSSSSSSSSSSSSSSSSSSSSSSSSSSSSSS. The van der Waals surface area contributed by atoms with Crippen LogP contribution < -0.4 is 0 Å². The molecule has 0 spiro atoms. The van der Waals surface area contributed by atoms with Crippen LogP contribution in [0.5, 0.6) is 0 Å². The number of hydrogen-bond acceptors (Lipinski definition) is 42. The maximum absolute atomic E-state index is 5.16. The Hall–Kier alpha value is 14.4. The molecule has 0 rings (SSSR count). The molecule has 0 aromatic carbocycles. The van der Waals surface area contributed by atoms with Gasteiger partial charge in [-0.15, -0.1) is 0 Å². The average molecular weight is 1380 g/mol. The van der Waals surface area contributed by atoms with Crippen LogP contribution in [0.4, 0.5) is 0 Å². The second-order valence-corrected chi connectivity index (χ2v) is 77.8. The predicted molar refractivity (Wildman–Crippen MR) is 327 cm³/mol. The number of thiol groups is 1. The fraction of sp³-hybridized carbons (Fsp3) is 1.00. The minimum atomic E-state index is -1.79. The van der Waals surface area contributed by atoms with Crippen molar-refractivity contribution < 1.29 is 4.18 Å². The van der Waals surface area contributed by atoms with Crippen molar-refractivity contribution in [3.8, 4) is 0 Å². The summed E-state index contributed by atoms with van der Waals surface area (Å²) in [6.07, 6.45) is 0. The van der Waals surface area contributed by atoms with Crippen molar-refractivity contribution in [2.45, 2.75) is 0 Å². The Morgan fingerprint density at radius 3 is 0.636 bits per heavy atom. The summed E-state index contributed by atoms with van der Waals surface area (Å²) in [5, 5.41) is 0. The van der Waals surface area contributed by atoms with Gasteiger partial charge in [0.15, 0.2) is 0 Å². The second kappa shape index (κ2) is 51.7. The van der Waals surface area contributed by atoms with Crippen LogP contribution in [0.1, 0.15) is 0 Å². The quantitative estimate of drug-likeness (QED) is 0.0355. The third-order valence-corrected chi connectivity index (χ3v) is 90.6. The van der Waals surface area contributed by atoms with E-state index in [2.05, 4.69) is 11.7 Å². The van der Waals surface area contributed by atoms with Crippen molar-refractivity contribution in [3.05, 3.63) is 0 Å². The van der Waals surface area contributed by atoms with Gasteiger partial charge in [0.25, 0.3) is 0 Å². The molecule has 43 heteroatoms. The molecule has 0 saturated carbocycles. The van der Waals surface area contributed by atoms with Gasteiger partial charge in [-0.1, -0.05) is 11.7 Å². The van der Waals surface area contributed by atoms with Gasteiger partial charge >= 0.3 is 0 Å². The van der Waals surface area contributed by atoms with Gasteiger partial charge in [0.05, 0.1) is 13.6 Å². The van der Waals surface area contributed by atoms with E-state index in [-0.39, 0.29) is 0 Å². The Morgan fingerprint density at radius 1 is 0.318 bits per heavy atom. The van der Waals surface area contributed by atoms with Crippen molar-refractivity contribution >= 4 is 414 Å². The van der Waals surface area contributed by atoms with Crippen LogP contribution in [0.15, 0.2) is 0 Å². The van der Waals surface area contributed by atoms with E-state index < -0.39 is 6.46 Å². The van der Waals surface area contributed by atoms with E-state index in [1.165, 1.54) is 19.7 Å². The van der Waals surface area contributed by atoms with Crippen LogP contribution in [0.3, 0.4) is 0 Å². The molecule has 0 aliphatic heterocycles. The maximum Gasteiger partial charge on any atom is 0.0817 e. The summed E-state index contributed by atoms with van der Waals surface area (Å²) in [5.74, 6) is 0. The molecule has 0 aliphatic rings. The lowest BCUT2D eigenvalue weighted by Gasteiger charge is -2.03. The third-order valence-electron chi connectivity index (χ3n) is 1.32. The zero-order valence-corrected chi connectivity index (χ0v) is 53.0. The zero-order valence-electron chi connectivity index (χ0n) is 18.6. The molecule has 0 bridgehead atoms. The molecule has 1 nitrogen and oxygen atoms in total. The van der Waals surface area contributed by atoms with Crippen molar-refractivity contribution in [3.63, 3.8) is 0 Å². The Kier molecular flexibility index (Phi) is 68.7. The molecule has 0 aromatic heterocycles. The first kappa shape index (κ1) is 58.4. The summed E-state index contributed by atoms with van der Waals surface area (Å²) in [6.45, 7) is -1.79. The molecule has 0 aromatic rings.